The number of thioether (sulfide) groups is 14. The van der Waals surface area contributed by atoms with Crippen LogP contribution in [-0.4, -0.2) is 97.3 Å². The molecule has 10 nitrogen and oxygen atoms in total. The van der Waals surface area contributed by atoms with Crippen LogP contribution < -0.4 is 18.9 Å². The first kappa shape index (κ1) is 90.1. The maximum absolute atomic E-state index is 13.4. The van der Waals surface area contributed by atoms with Crippen molar-refractivity contribution in [3.05, 3.63) is 210 Å². The highest BCUT2D eigenvalue weighted by atomic mass is 35.5. The van der Waals surface area contributed by atoms with Gasteiger partial charge in [0.25, 0.3) is 0 Å². The molecule has 114 heavy (non-hydrogen) atoms. The highest BCUT2D eigenvalue weighted by molar-refractivity contribution is 8.45. The number of benzene rings is 4. The Kier molecular flexibility index (Phi) is 30.9. The molecule has 4 aromatic carbocycles. The Hall–Kier alpha value is -1.60. The summed E-state index contributed by atoms with van der Waals surface area (Å²) in [6, 6.07) is 18.5. The first-order chi connectivity index (χ1) is 54.2. The third-order valence-corrected chi connectivity index (χ3v) is 41.5. The number of allylic oxidation sites excluding steroid dienone is 6. The molecule has 0 fully saturated rings. The van der Waals surface area contributed by atoms with Crippen molar-refractivity contribution in [2.24, 2.45) is 0 Å². The molecule has 3 aliphatic carbocycles. The fraction of sp³-hybridized carbons (Fsp3) is 0.429. The van der Waals surface area contributed by atoms with Crippen molar-refractivity contribution in [2.75, 3.05) is 74.2 Å². The number of halogens is 6. The third-order valence-electron chi connectivity index (χ3n) is 18.9. The lowest BCUT2D eigenvalue weighted by atomic mass is 9.79. The van der Waals surface area contributed by atoms with Crippen LogP contribution in [0.1, 0.15) is 176 Å². The molecule has 0 N–H and O–H groups in total. The van der Waals surface area contributed by atoms with Crippen LogP contribution in [0.5, 0.6) is 23.0 Å². The molecule has 4 aromatic rings. The highest BCUT2D eigenvalue weighted by Gasteiger charge is 2.38. The normalized spacial score (nSPS) is 18.6. The van der Waals surface area contributed by atoms with Crippen LogP contribution in [0.25, 0.3) is 0 Å². The number of ether oxygens (including phenoxy) is 6. The van der Waals surface area contributed by atoms with Crippen LogP contribution in [0, 0.1) is 0 Å². The topological polar surface area (TPSA) is 124 Å². The summed E-state index contributed by atoms with van der Waals surface area (Å²) in [7, 11) is 0. The summed E-state index contributed by atoms with van der Waals surface area (Å²) < 4.78 is 55.5. The van der Waals surface area contributed by atoms with Crippen molar-refractivity contribution in [1.82, 2.24) is 0 Å². The SMILES string of the molecule is CC(C)(C)c1cc2c(OCCCOC3=C(Cl)C(=O)C(Cl)=C(Cl)C3=O)c(c1)Cc1cc(C(C)(C)C)cc(c1OCCCSC1=CSC(=C3SC4=C(SCCS4)S3)S1)Cc1cc(C(C)(C)C)cc(c1OCCCOC1=C(Cl)C(=O)C(Cl)=C(Cl)C1=O)Cc1cc(C(C)(C)C)cc(c1OCCCSC1=CSC(=C3SC4=C(SCCS4)S3)S1)C2. The minimum absolute atomic E-state index is 0.0275. The van der Waals surface area contributed by atoms with Gasteiger partial charge in [-0.05, 0) is 112 Å². The van der Waals surface area contributed by atoms with Crippen LogP contribution in [0.15, 0.2) is 143 Å². The van der Waals surface area contributed by atoms with Crippen molar-refractivity contribution >= 4 is 257 Å². The molecule has 608 valence electrons. The Morgan fingerprint density at radius 3 is 0.816 bits per heavy atom. The average molecular weight is 1920 g/mol. The second kappa shape index (κ2) is 39.1. The van der Waals surface area contributed by atoms with E-state index >= 15 is 0 Å². The van der Waals surface area contributed by atoms with E-state index in [-0.39, 0.29) is 59.6 Å². The summed E-state index contributed by atoms with van der Waals surface area (Å²) in [6.07, 6.45) is 3.75. The number of carbonyl (C=O) groups excluding carboxylic acids is 4. The number of ketones is 4. The zero-order chi connectivity index (χ0) is 81.3. The molecule has 6 heterocycles. The molecule has 0 amide bonds. The molecule has 0 spiro atoms. The van der Waals surface area contributed by atoms with Crippen molar-refractivity contribution < 1.29 is 47.6 Å². The van der Waals surface area contributed by atoms with E-state index in [1.807, 2.05) is 165 Å². The van der Waals surface area contributed by atoms with Gasteiger partial charge in [-0.25, -0.2) is 0 Å². The van der Waals surface area contributed by atoms with Crippen LogP contribution in [0.4, 0.5) is 0 Å². The molecule has 13 rings (SSSR count). The molecule has 30 heteroatoms. The summed E-state index contributed by atoms with van der Waals surface area (Å²) in [5.74, 6) is 5.50. The Balaban J connectivity index is 0.908. The van der Waals surface area contributed by atoms with E-state index < -0.39 is 53.3 Å². The number of fused-ring (bicyclic) bond motifs is 8. The van der Waals surface area contributed by atoms with Gasteiger partial charge in [0, 0.05) is 73.0 Å². The third kappa shape index (κ3) is 21.8. The van der Waals surface area contributed by atoms with E-state index in [1.165, 1.54) is 42.4 Å². The van der Waals surface area contributed by atoms with Crippen LogP contribution >= 0.6 is 234 Å². The molecule has 0 unspecified atom stereocenters. The molecule has 0 aromatic heterocycles. The van der Waals surface area contributed by atoms with Gasteiger partial charge >= 0.3 is 0 Å². The Bertz CT molecular complexity index is 4490. The van der Waals surface area contributed by atoms with E-state index in [0.717, 1.165) is 126 Å². The van der Waals surface area contributed by atoms with Crippen LogP contribution in [0.2, 0.25) is 0 Å². The first-order valence-electron chi connectivity index (χ1n) is 37.2. The molecule has 8 bridgehead atoms. The monoisotopic (exact) mass is 1910 g/mol. The molecular weight excluding hydrogens is 1830 g/mol. The summed E-state index contributed by atoms with van der Waals surface area (Å²) in [5.41, 5.74) is 10.9. The Labute approximate surface area is 759 Å². The molecular formula is C84H86Cl6O10S14. The van der Waals surface area contributed by atoms with Gasteiger partial charge in [-0.2, -0.15) is 0 Å². The van der Waals surface area contributed by atoms with Crippen molar-refractivity contribution in [3.8, 4) is 23.0 Å². The molecule has 0 saturated carbocycles. The quantitative estimate of drug-likeness (QED) is 0.0429. The zero-order valence-corrected chi connectivity index (χ0v) is 80.9. The van der Waals surface area contributed by atoms with Crippen LogP contribution in [-0.2, 0) is 76.0 Å². The van der Waals surface area contributed by atoms with Crippen molar-refractivity contribution in [3.63, 3.8) is 0 Å². The summed E-state index contributed by atoms with van der Waals surface area (Å²) in [4.78, 5) is 52.9. The lowest BCUT2D eigenvalue weighted by Crippen LogP contribution is -2.20. The predicted octanol–water partition coefficient (Wildman–Crippen LogP) is 27.7. The van der Waals surface area contributed by atoms with E-state index in [2.05, 4.69) is 142 Å². The number of hydrogen-bond acceptors (Lipinski definition) is 24. The van der Waals surface area contributed by atoms with Gasteiger partial charge in [-0.15, -0.1) is 70.6 Å². The largest absolute Gasteiger partial charge is 0.493 e. The van der Waals surface area contributed by atoms with E-state index in [9.17, 15) is 19.2 Å². The highest BCUT2D eigenvalue weighted by Crippen LogP contribution is 2.66. The summed E-state index contributed by atoms with van der Waals surface area (Å²) in [6.45, 7) is 28.1. The Morgan fingerprint density at radius 1 is 0.307 bits per heavy atom. The molecule has 9 aliphatic rings. The number of carbonyl (C=O) groups is 4. The molecule has 0 radical (unpaired) electrons. The molecule has 0 saturated heterocycles. The second-order valence-electron chi connectivity index (χ2n) is 31.7. The van der Waals surface area contributed by atoms with Gasteiger partial charge in [0.05, 0.1) is 82.0 Å². The van der Waals surface area contributed by atoms with Gasteiger partial charge in [0.2, 0.25) is 23.1 Å². The van der Waals surface area contributed by atoms with E-state index in [0.29, 0.717) is 63.2 Å². The lowest BCUT2D eigenvalue weighted by molar-refractivity contribution is -0.118. The zero-order valence-electron chi connectivity index (χ0n) is 65.0. The maximum Gasteiger partial charge on any atom is 0.242 e. The van der Waals surface area contributed by atoms with Gasteiger partial charge in [0.15, 0.2) is 11.5 Å². The first-order valence-corrected chi connectivity index (χ1v) is 52.1. The van der Waals surface area contributed by atoms with Gasteiger partial charge in [0.1, 0.15) is 53.2 Å². The van der Waals surface area contributed by atoms with Crippen molar-refractivity contribution in [1.29, 1.82) is 0 Å². The van der Waals surface area contributed by atoms with Crippen LogP contribution in [0.3, 0.4) is 0 Å². The Morgan fingerprint density at radius 2 is 0.553 bits per heavy atom. The molecule has 0 atom stereocenters. The fourth-order valence-electron chi connectivity index (χ4n) is 12.8. The summed E-state index contributed by atoms with van der Waals surface area (Å²) in [5, 5.41) is 1.98. The van der Waals surface area contributed by atoms with Gasteiger partial charge in [-0.1, -0.05) is 295 Å². The smallest absolute Gasteiger partial charge is 0.242 e. The maximum atomic E-state index is 13.4. The average Bonchev–Trinajstić information content (AvgIpc) is 0.947. The standard InChI is InChI=1S/C84H86Cl6O10S14/c1-81(2,3)51-33-43-29-47-37-53(83(7,8)9)39-49(69(47)97-21-15-23-101-55-41-107-77(109-55)79-111-73-74(112-79)104-26-25-103-73)31-45-35-52(82(4,5)6)36-46(68(45)96-18-14-20-100-72-62(90)64(92)58(86)60(88)66(72)94)32-50-40-54(84(10,11)12)38-48(30-44(34-51)67(43)95-17-13-19-99-71-61(89)63(91)57(85)59(87)65(71)93)70(50)98-22-16-24-102-56-42-108-78(110-56)80-113-75-76(114-80)106-28-27-105-75/h33-42H,13-32H2,1-12H3. The fourth-order valence-corrected chi connectivity index (χ4v) is 34.0. The number of Topliss-reactive ketones (excluding diaryl/α,β-unsaturated/α-hetero) is 4. The lowest BCUT2D eigenvalue weighted by Gasteiger charge is -2.29. The van der Waals surface area contributed by atoms with E-state index in [1.54, 1.807) is 0 Å². The molecule has 6 aliphatic heterocycles. The predicted molar refractivity (Wildman–Crippen MR) is 507 cm³/mol. The summed E-state index contributed by atoms with van der Waals surface area (Å²) >= 11 is 64.6. The minimum atomic E-state index is -0.779. The second-order valence-corrected chi connectivity index (χ2v) is 51.2. The number of hydrogen-bond donors (Lipinski definition) is 0. The van der Waals surface area contributed by atoms with Crippen molar-refractivity contribution in [2.45, 2.75) is 156 Å². The van der Waals surface area contributed by atoms with E-state index in [4.69, 9.17) is 98.0 Å². The van der Waals surface area contributed by atoms with Gasteiger partial charge < -0.3 is 28.4 Å². The minimum Gasteiger partial charge on any atom is -0.493 e. The van der Waals surface area contributed by atoms with Gasteiger partial charge in [-0.3, -0.25) is 19.2 Å². The number of rotatable bonds is 24.